The number of nitrogens with zero attached hydrogens (tertiary/aromatic N) is 1. The van der Waals surface area contributed by atoms with Crippen LogP contribution in [-0.4, -0.2) is 15.0 Å². The van der Waals surface area contributed by atoms with Crippen LogP contribution in [0.4, 0.5) is 0 Å². The molecule has 5 nitrogen and oxygen atoms in total. The molecule has 1 aliphatic rings. The highest BCUT2D eigenvalue weighted by Gasteiger charge is 2.15. The SMILES string of the molecule is O=c1nc(C2CCCCCCCC2)[nH]c(=O)[nH]1. The summed E-state index contributed by atoms with van der Waals surface area (Å²) in [6, 6.07) is 0. The number of aromatic nitrogens is 3. The van der Waals surface area contributed by atoms with E-state index < -0.39 is 11.4 Å². The lowest BCUT2D eigenvalue weighted by Crippen LogP contribution is -2.28. The summed E-state index contributed by atoms with van der Waals surface area (Å²) in [5, 5.41) is 0. The predicted molar refractivity (Wildman–Crippen MR) is 65.2 cm³/mol. The van der Waals surface area contributed by atoms with Gasteiger partial charge in [0.2, 0.25) is 0 Å². The molecular formula is C12H19N3O2. The summed E-state index contributed by atoms with van der Waals surface area (Å²) in [6.45, 7) is 0. The van der Waals surface area contributed by atoms with Crippen molar-refractivity contribution in [3.8, 4) is 0 Å². The summed E-state index contributed by atoms with van der Waals surface area (Å²) in [7, 11) is 0. The van der Waals surface area contributed by atoms with Crippen molar-refractivity contribution < 1.29 is 0 Å². The summed E-state index contributed by atoms with van der Waals surface area (Å²) in [5.74, 6) is 0.809. The highest BCUT2D eigenvalue weighted by atomic mass is 16.2. The fourth-order valence-corrected chi connectivity index (χ4v) is 2.51. The first kappa shape index (κ1) is 12.1. The Hall–Kier alpha value is -1.39. The van der Waals surface area contributed by atoms with E-state index in [9.17, 15) is 9.59 Å². The molecule has 0 bridgehead atoms. The lowest BCUT2D eigenvalue weighted by molar-refractivity contribution is 0.509. The molecule has 1 aliphatic carbocycles. The lowest BCUT2D eigenvalue weighted by atomic mass is 9.96. The van der Waals surface area contributed by atoms with Crippen molar-refractivity contribution in [3.63, 3.8) is 0 Å². The van der Waals surface area contributed by atoms with Gasteiger partial charge < -0.3 is 0 Å². The Morgan fingerprint density at radius 2 is 1.47 bits per heavy atom. The average Bonchev–Trinajstić information content (AvgIpc) is 2.40. The molecule has 0 amide bonds. The van der Waals surface area contributed by atoms with E-state index in [1.165, 1.54) is 25.7 Å². The summed E-state index contributed by atoms with van der Waals surface area (Å²) in [6.07, 6.45) is 9.42. The topological polar surface area (TPSA) is 78.6 Å². The number of aromatic amines is 2. The van der Waals surface area contributed by atoms with Gasteiger partial charge in [-0.1, -0.05) is 38.5 Å². The molecule has 0 saturated heterocycles. The van der Waals surface area contributed by atoms with Crippen molar-refractivity contribution in [1.29, 1.82) is 0 Å². The van der Waals surface area contributed by atoms with Gasteiger partial charge in [-0.15, -0.1) is 0 Å². The van der Waals surface area contributed by atoms with Crippen LogP contribution in [0.1, 0.15) is 63.1 Å². The van der Waals surface area contributed by atoms with Gasteiger partial charge in [-0.2, -0.15) is 4.98 Å². The molecule has 1 aromatic heterocycles. The van der Waals surface area contributed by atoms with E-state index in [1.54, 1.807) is 0 Å². The number of H-pyrrole nitrogens is 2. The minimum atomic E-state index is -0.538. The van der Waals surface area contributed by atoms with Crippen LogP contribution in [0.15, 0.2) is 9.59 Å². The van der Waals surface area contributed by atoms with Gasteiger partial charge in [0.15, 0.2) is 0 Å². The summed E-state index contributed by atoms with van der Waals surface area (Å²) < 4.78 is 0. The van der Waals surface area contributed by atoms with Gasteiger partial charge in [0.05, 0.1) is 0 Å². The van der Waals surface area contributed by atoms with Crippen molar-refractivity contribution in [3.05, 3.63) is 26.8 Å². The molecular weight excluding hydrogens is 218 g/mol. The highest BCUT2D eigenvalue weighted by Crippen LogP contribution is 2.27. The second-order valence-corrected chi connectivity index (χ2v) is 4.78. The van der Waals surface area contributed by atoms with E-state index >= 15 is 0 Å². The minimum absolute atomic E-state index is 0.239. The molecule has 1 fully saturated rings. The number of hydrogen-bond donors (Lipinski definition) is 2. The van der Waals surface area contributed by atoms with Crippen molar-refractivity contribution in [2.45, 2.75) is 57.3 Å². The van der Waals surface area contributed by atoms with Crippen molar-refractivity contribution in [2.24, 2.45) is 0 Å². The maximum Gasteiger partial charge on any atom is 0.350 e. The fourth-order valence-electron chi connectivity index (χ4n) is 2.51. The first-order valence-corrected chi connectivity index (χ1v) is 6.46. The van der Waals surface area contributed by atoms with Crippen LogP contribution in [0, 0.1) is 0 Å². The van der Waals surface area contributed by atoms with E-state index in [-0.39, 0.29) is 5.92 Å². The molecule has 1 aromatic rings. The van der Waals surface area contributed by atoms with Crippen molar-refractivity contribution in [2.75, 3.05) is 0 Å². The van der Waals surface area contributed by atoms with Gasteiger partial charge in [0.1, 0.15) is 5.82 Å². The van der Waals surface area contributed by atoms with Crippen molar-refractivity contribution in [1.82, 2.24) is 15.0 Å². The van der Waals surface area contributed by atoms with Gasteiger partial charge in [-0.3, -0.25) is 9.97 Å². The van der Waals surface area contributed by atoms with Gasteiger partial charge >= 0.3 is 11.4 Å². The molecule has 17 heavy (non-hydrogen) atoms. The lowest BCUT2D eigenvalue weighted by Gasteiger charge is -2.13. The predicted octanol–water partition coefficient (Wildman–Crippen LogP) is 1.68. The first-order chi connectivity index (χ1) is 8.25. The zero-order valence-corrected chi connectivity index (χ0v) is 10.00. The summed E-state index contributed by atoms with van der Waals surface area (Å²) >= 11 is 0. The Morgan fingerprint density at radius 1 is 0.882 bits per heavy atom. The fraction of sp³-hybridized carbons (Fsp3) is 0.750. The van der Waals surface area contributed by atoms with E-state index in [1.807, 2.05) is 0 Å². The van der Waals surface area contributed by atoms with E-state index in [0.29, 0.717) is 5.82 Å². The Balaban J connectivity index is 2.17. The maximum atomic E-state index is 11.2. The monoisotopic (exact) mass is 237 g/mol. The summed E-state index contributed by atoms with van der Waals surface area (Å²) in [5.41, 5.74) is -0.983. The molecule has 0 spiro atoms. The minimum Gasteiger partial charge on any atom is -0.295 e. The quantitative estimate of drug-likeness (QED) is 0.780. The van der Waals surface area contributed by atoms with Gasteiger partial charge in [0, 0.05) is 5.92 Å². The van der Waals surface area contributed by atoms with Gasteiger partial charge in [-0.25, -0.2) is 9.59 Å². The normalized spacial score (nSPS) is 19.3. The smallest absolute Gasteiger partial charge is 0.295 e. The molecule has 1 saturated carbocycles. The van der Waals surface area contributed by atoms with E-state index in [0.717, 1.165) is 25.7 Å². The molecule has 94 valence electrons. The van der Waals surface area contributed by atoms with Crippen LogP contribution in [0.2, 0.25) is 0 Å². The number of nitrogens with one attached hydrogen (secondary N) is 2. The van der Waals surface area contributed by atoms with Gasteiger partial charge in [-0.05, 0) is 12.8 Å². The molecule has 0 aromatic carbocycles. The molecule has 5 heteroatoms. The average molecular weight is 237 g/mol. The highest BCUT2D eigenvalue weighted by molar-refractivity contribution is 4.94. The van der Waals surface area contributed by atoms with E-state index in [2.05, 4.69) is 15.0 Å². The molecule has 2 rings (SSSR count). The van der Waals surface area contributed by atoms with Crippen LogP contribution < -0.4 is 11.4 Å². The third kappa shape index (κ3) is 3.54. The Morgan fingerprint density at radius 3 is 2.06 bits per heavy atom. The van der Waals surface area contributed by atoms with Crippen LogP contribution in [0.3, 0.4) is 0 Å². The first-order valence-electron chi connectivity index (χ1n) is 6.46. The zero-order valence-electron chi connectivity index (χ0n) is 10.00. The maximum absolute atomic E-state index is 11.2. The van der Waals surface area contributed by atoms with Crippen LogP contribution in [0.25, 0.3) is 0 Å². The Bertz CT molecular complexity index is 425. The van der Waals surface area contributed by atoms with Crippen molar-refractivity contribution >= 4 is 0 Å². The van der Waals surface area contributed by atoms with Gasteiger partial charge in [0.25, 0.3) is 0 Å². The molecule has 0 aliphatic heterocycles. The summed E-state index contributed by atoms with van der Waals surface area (Å²) in [4.78, 5) is 31.1. The largest absolute Gasteiger partial charge is 0.350 e. The van der Waals surface area contributed by atoms with Crippen LogP contribution >= 0.6 is 0 Å². The van der Waals surface area contributed by atoms with Crippen LogP contribution in [0.5, 0.6) is 0 Å². The third-order valence-corrected chi connectivity index (χ3v) is 3.43. The zero-order chi connectivity index (χ0) is 12.1. The second-order valence-electron chi connectivity index (χ2n) is 4.78. The molecule has 1 heterocycles. The van der Waals surface area contributed by atoms with Crippen LogP contribution in [-0.2, 0) is 0 Å². The standard InChI is InChI=1S/C12H19N3O2/c16-11-13-10(14-12(17)15-11)9-7-5-3-1-2-4-6-8-9/h9H,1-8H2,(H2,13,14,15,16,17). The second kappa shape index (κ2) is 5.80. The third-order valence-electron chi connectivity index (χ3n) is 3.43. The Labute approximate surface area is 99.7 Å². The molecule has 2 N–H and O–H groups in total. The molecule has 0 atom stereocenters. The molecule has 0 unspecified atom stereocenters. The molecule has 0 radical (unpaired) electrons. The Kier molecular flexibility index (Phi) is 4.12. The van der Waals surface area contributed by atoms with E-state index in [4.69, 9.17) is 0 Å². The number of hydrogen-bond acceptors (Lipinski definition) is 3. The number of rotatable bonds is 1.